The van der Waals surface area contributed by atoms with Crippen LogP contribution in [0.15, 0.2) is 41.3 Å². The minimum atomic E-state index is -0.907. The fraction of sp³-hybridized carbons (Fsp3) is 0. The van der Waals surface area contributed by atoms with Gasteiger partial charge in [0, 0.05) is 12.3 Å². The number of anilines is 1. The van der Waals surface area contributed by atoms with Crippen molar-refractivity contribution in [3.8, 4) is 0 Å². The summed E-state index contributed by atoms with van der Waals surface area (Å²) in [6, 6.07) is 5.51. The van der Waals surface area contributed by atoms with Gasteiger partial charge in [0.25, 0.3) is 11.5 Å². The predicted octanol–water partition coefficient (Wildman–Crippen LogP) is 1.91. The van der Waals surface area contributed by atoms with Gasteiger partial charge in [-0.1, -0.05) is 0 Å². The van der Waals surface area contributed by atoms with E-state index in [1.807, 2.05) is 0 Å². The number of pyridine rings is 1. The Labute approximate surface area is 100 Å². The van der Waals surface area contributed by atoms with Crippen molar-refractivity contribution in [1.29, 1.82) is 0 Å². The van der Waals surface area contributed by atoms with E-state index in [9.17, 15) is 18.4 Å². The maximum absolute atomic E-state index is 13.3. The number of benzene rings is 1. The van der Waals surface area contributed by atoms with Gasteiger partial charge in [-0.2, -0.15) is 0 Å². The Morgan fingerprint density at radius 1 is 1.22 bits per heavy atom. The van der Waals surface area contributed by atoms with Crippen molar-refractivity contribution < 1.29 is 13.6 Å². The van der Waals surface area contributed by atoms with E-state index >= 15 is 0 Å². The number of carbonyl (C=O) groups is 1. The minimum absolute atomic E-state index is 0.152. The summed E-state index contributed by atoms with van der Waals surface area (Å²) in [6.45, 7) is 0. The van der Waals surface area contributed by atoms with Crippen LogP contribution in [0.1, 0.15) is 10.4 Å². The van der Waals surface area contributed by atoms with Crippen molar-refractivity contribution in [2.45, 2.75) is 0 Å². The van der Waals surface area contributed by atoms with Crippen molar-refractivity contribution >= 4 is 11.6 Å². The molecule has 0 aliphatic carbocycles. The summed E-state index contributed by atoms with van der Waals surface area (Å²) in [5.41, 5.74) is -0.927. The third-order valence-electron chi connectivity index (χ3n) is 2.24. The van der Waals surface area contributed by atoms with E-state index in [1.165, 1.54) is 18.3 Å². The Bertz CT molecular complexity index is 653. The highest BCUT2D eigenvalue weighted by atomic mass is 19.1. The highest BCUT2D eigenvalue weighted by Crippen LogP contribution is 2.15. The first kappa shape index (κ1) is 12.0. The van der Waals surface area contributed by atoms with Crippen LogP contribution >= 0.6 is 0 Å². The number of aromatic amines is 1. The molecule has 4 nitrogen and oxygen atoms in total. The maximum atomic E-state index is 13.3. The highest BCUT2D eigenvalue weighted by Gasteiger charge is 2.12. The van der Waals surface area contributed by atoms with Crippen molar-refractivity contribution in [3.05, 3.63) is 64.1 Å². The first-order chi connectivity index (χ1) is 8.58. The Kier molecular flexibility index (Phi) is 3.18. The lowest BCUT2D eigenvalue weighted by Gasteiger charge is -2.05. The number of H-pyrrole nitrogens is 1. The topological polar surface area (TPSA) is 62.0 Å². The molecule has 0 radical (unpaired) electrons. The fourth-order valence-corrected chi connectivity index (χ4v) is 1.38. The summed E-state index contributed by atoms with van der Waals surface area (Å²) in [5.74, 6) is -2.42. The normalized spacial score (nSPS) is 10.1. The molecule has 0 aliphatic rings. The van der Waals surface area contributed by atoms with E-state index in [-0.39, 0.29) is 11.3 Å². The van der Waals surface area contributed by atoms with E-state index in [1.54, 1.807) is 0 Å². The maximum Gasteiger partial charge on any atom is 0.261 e. The molecule has 2 rings (SSSR count). The number of amides is 1. The van der Waals surface area contributed by atoms with Gasteiger partial charge in [-0.3, -0.25) is 9.59 Å². The summed E-state index contributed by atoms with van der Waals surface area (Å²) in [7, 11) is 0. The van der Waals surface area contributed by atoms with Gasteiger partial charge in [0.1, 0.15) is 17.2 Å². The molecule has 0 fully saturated rings. The van der Waals surface area contributed by atoms with E-state index in [0.29, 0.717) is 6.07 Å². The lowest BCUT2D eigenvalue weighted by molar-refractivity contribution is 0.102. The molecule has 1 aromatic heterocycles. The van der Waals surface area contributed by atoms with Crippen LogP contribution in [-0.2, 0) is 0 Å². The fourth-order valence-electron chi connectivity index (χ4n) is 1.38. The first-order valence-electron chi connectivity index (χ1n) is 5.02. The summed E-state index contributed by atoms with van der Waals surface area (Å²) < 4.78 is 26.0. The molecule has 0 saturated carbocycles. The van der Waals surface area contributed by atoms with Crippen LogP contribution in [0.25, 0.3) is 0 Å². The van der Waals surface area contributed by atoms with E-state index < -0.39 is 23.1 Å². The molecule has 0 aliphatic heterocycles. The van der Waals surface area contributed by atoms with Gasteiger partial charge < -0.3 is 10.3 Å². The quantitative estimate of drug-likeness (QED) is 0.855. The number of halogens is 2. The SMILES string of the molecule is O=C(Nc1ccc(F)cc1F)c1ccc[nH]c1=O. The molecule has 92 valence electrons. The zero-order valence-electron chi connectivity index (χ0n) is 9.04. The van der Waals surface area contributed by atoms with E-state index in [4.69, 9.17) is 0 Å². The smallest absolute Gasteiger partial charge is 0.261 e. The Hall–Kier alpha value is -2.50. The molecule has 2 aromatic rings. The lowest BCUT2D eigenvalue weighted by Crippen LogP contribution is -2.22. The average Bonchev–Trinajstić information content (AvgIpc) is 2.33. The van der Waals surface area contributed by atoms with Crippen molar-refractivity contribution in [2.75, 3.05) is 5.32 Å². The monoisotopic (exact) mass is 250 g/mol. The molecule has 2 N–H and O–H groups in total. The van der Waals surface area contributed by atoms with Crippen LogP contribution in [0.4, 0.5) is 14.5 Å². The molecule has 1 aromatic carbocycles. The Morgan fingerprint density at radius 3 is 2.67 bits per heavy atom. The van der Waals surface area contributed by atoms with Crippen molar-refractivity contribution in [1.82, 2.24) is 4.98 Å². The molecule has 0 bridgehead atoms. The summed E-state index contributed by atoms with van der Waals surface area (Å²) >= 11 is 0. The summed E-state index contributed by atoms with van der Waals surface area (Å²) in [6.07, 6.45) is 1.37. The average molecular weight is 250 g/mol. The molecular weight excluding hydrogens is 242 g/mol. The molecule has 0 atom stereocenters. The van der Waals surface area contributed by atoms with Crippen LogP contribution in [0.5, 0.6) is 0 Å². The summed E-state index contributed by atoms with van der Waals surface area (Å²) in [4.78, 5) is 25.3. The van der Waals surface area contributed by atoms with Crippen LogP contribution in [0.2, 0.25) is 0 Å². The van der Waals surface area contributed by atoms with Crippen LogP contribution in [0.3, 0.4) is 0 Å². The second kappa shape index (κ2) is 4.79. The minimum Gasteiger partial charge on any atom is -0.328 e. The third kappa shape index (κ3) is 2.42. The number of aromatic nitrogens is 1. The molecule has 1 heterocycles. The van der Waals surface area contributed by atoms with Gasteiger partial charge in [0.05, 0.1) is 5.69 Å². The molecule has 1 amide bonds. The van der Waals surface area contributed by atoms with Gasteiger partial charge in [-0.05, 0) is 24.3 Å². The Morgan fingerprint density at radius 2 is 2.00 bits per heavy atom. The number of hydrogen-bond acceptors (Lipinski definition) is 2. The largest absolute Gasteiger partial charge is 0.328 e. The lowest BCUT2D eigenvalue weighted by atomic mass is 10.2. The van der Waals surface area contributed by atoms with Crippen LogP contribution in [-0.4, -0.2) is 10.9 Å². The van der Waals surface area contributed by atoms with Gasteiger partial charge in [0.2, 0.25) is 0 Å². The van der Waals surface area contributed by atoms with Crippen LogP contribution in [0, 0.1) is 11.6 Å². The molecule has 0 saturated heterocycles. The third-order valence-corrected chi connectivity index (χ3v) is 2.24. The second-order valence-electron chi connectivity index (χ2n) is 3.49. The summed E-state index contributed by atoms with van der Waals surface area (Å²) in [5, 5.41) is 2.19. The van der Waals surface area contributed by atoms with Gasteiger partial charge in [0.15, 0.2) is 0 Å². The zero-order valence-corrected chi connectivity index (χ0v) is 9.04. The zero-order chi connectivity index (χ0) is 13.1. The first-order valence-corrected chi connectivity index (χ1v) is 5.02. The van der Waals surface area contributed by atoms with E-state index in [0.717, 1.165) is 12.1 Å². The predicted molar refractivity (Wildman–Crippen MR) is 61.4 cm³/mol. The standard InChI is InChI=1S/C12H8F2N2O2/c13-7-3-4-10(9(14)6-7)16-12(18)8-2-1-5-15-11(8)17/h1-6H,(H,15,17)(H,16,18). The van der Waals surface area contributed by atoms with Crippen molar-refractivity contribution in [3.63, 3.8) is 0 Å². The van der Waals surface area contributed by atoms with Gasteiger partial charge >= 0.3 is 0 Å². The number of rotatable bonds is 2. The van der Waals surface area contributed by atoms with E-state index in [2.05, 4.69) is 10.3 Å². The molecular formula is C12H8F2N2O2. The molecule has 18 heavy (non-hydrogen) atoms. The Balaban J connectivity index is 2.27. The van der Waals surface area contributed by atoms with Gasteiger partial charge in [-0.15, -0.1) is 0 Å². The number of hydrogen-bond donors (Lipinski definition) is 2. The van der Waals surface area contributed by atoms with Gasteiger partial charge in [-0.25, -0.2) is 8.78 Å². The number of carbonyl (C=O) groups excluding carboxylic acids is 1. The molecule has 0 spiro atoms. The highest BCUT2D eigenvalue weighted by molar-refractivity contribution is 6.03. The molecule has 6 heteroatoms. The number of nitrogens with one attached hydrogen (secondary N) is 2. The molecule has 0 unspecified atom stereocenters. The second-order valence-corrected chi connectivity index (χ2v) is 3.49. The van der Waals surface area contributed by atoms with Crippen molar-refractivity contribution in [2.24, 2.45) is 0 Å². The van der Waals surface area contributed by atoms with Crippen LogP contribution < -0.4 is 10.9 Å².